The maximum atomic E-state index is 13.0. The third-order valence-corrected chi connectivity index (χ3v) is 6.26. The van der Waals surface area contributed by atoms with Crippen LogP contribution in [-0.4, -0.2) is 37.0 Å². The van der Waals surface area contributed by atoms with Crippen molar-refractivity contribution in [2.75, 3.05) is 7.11 Å². The molecule has 0 radical (unpaired) electrons. The van der Waals surface area contributed by atoms with Crippen LogP contribution in [-0.2, 0) is 16.6 Å². The molecular formula is C15H23NO4S. The summed E-state index contributed by atoms with van der Waals surface area (Å²) < 4.78 is 32.8. The fraction of sp³-hybridized carbons (Fsp3) is 0.600. The maximum Gasteiger partial charge on any atom is 0.247 e. The number of aliphatic hydroxyl groups excluding tert-OH is 1. The molecule has 0 saturated carbocycles. The van der Waals surface area contributed by atoms with Crippen LogP contribution >= 0.6 is 0 Å². The first-order valence-corrected chi connectivity index (χ1v) is 8.71. The number of ether oxygens (including phenoxy) is 1. The molecule has 1 aliphatic heterocycles. The van der Waals surface area contributed by atoms with Gasteiger partial charge in [0.2, 0.25) is 10.0 Å². The molecule has 0 spiro atoms. The van der Waals surface area contributed by atoms with Crippen LogP contribution in [0.25, 0.3) is 0 Å². The predicted octanol–water partition coefficient (Wildman–Crippen LogP) is 2.14. The second-order valence-electron chi connectivity index (χ2n) is 5.47. The average Bonchev–Trinajstić information content (AvgIpc) is 2.88. The Kier molecular flexibility index (Phi) is 4.91. The lowest BCUT2D eigenvalue weighted by atomic mass is 10.2. The summed E-state index contributed by atoms with van der Waals surface area (Å²) in [6.45, 7) is 3.81. The van der Waals surface area contributed by atoms with Crippen molar-refractivity contribution in [1.82, 2.24) is 4.31 Å². The molecule has 1 fully saturated rings. The summed E-state index contributed by atoms with van der Waals surface area (Å²) >= 11 is 0. The molecule has 118 valence electrons. The molecule has 6 heteroatoms. The summed E-state index contributed by atoms with van der Waals surface area (Å²) in [4.78, 5) is 0.175. The van der Waals surface area contributed by atoms with Gasteiger partial charge in [-0.2, -0.15) is 4.31 Å². The number of nitrogens with zero attached hydrogens (tertiary/aromatic N) is 1. The molecule has 21 heavy (non-hydrogen) atoms. The molecule has 2 rings (SSSR count). The number of benzene rings is 1. The Morgan fingerprint density at radius 2 is 2.10 bits per heavy atom. The molecule has 1 heterocycles. The summed E-state index contributed by atoms with van der Waals surface area (Å²) in [6.07, 6.45) is 2.59. The lowest BCUT2D eigenvalue weighted by Gasteiger charge is -2.27. The predicted molar refractivity (Wildman–Crippen MR) is 80.7 cm³/mol. The molecule has 1 saturated heterocycles. The van der Waals surface area contributed by atoms with Crippen molar-refractivity contribution < 1.29 is 18.3 Å². The molecule has 0 aromatic heterocycles. The van der Waals surface area contributed by atoms with Gasteiger partial charge in [-0.15, -0.1) is 0 Å². The van der Waals surface area contributed by atoms with E-state index in [0.717, 1.165) is 19.3 Å². The van der Waals surface area contributed by atoms with Gasteiger partial charge >= 0.3 is 0 Å². The summed E-state index contributed by atoms with van der Waals surface area (Å²) in [5.41, 5.74) is 0.632. The molecular weight excluding hydrogens is 290 g/mol. The maximum absolute atomic E-state index is 13.0. The van der Waals surface area contributed by atoms with Gasteiger partial charge in [-0.05, 0) is 43.9 Å². The van der Waals surface area contributed by atoms with Crippen molar-refractivity contribution >= 4 is 10.0 Å². The smallest absolute Gasteiger partial charge is 0.247 e. The van der Waals surface area contributed by atoms with Gasteiger partial charge in [0.25, 0.3) is 0 Å². The zero-order valence-electron chi connectivity index (χ0n) is 12.7. The van der Waals surface area contributed by atoms with E-state index in [0.29, 0.717) is 5.56 Å². The van der Waals surface area contributed by atoms with E-state index in [1.165, 1.54) is 13.2 Å². The minimum atomic E-state index is -3.59. The van der Waals surface area contributed by atoms with Crippen LogP contribution in [0, 0.1) is 0 Å². The first-order valence-electron chi connectivity index (χ1n) is 7.27. The van der Waals surface area contributed by atoms with E-state index in [4.69, 9.17) is 9.84 Å². The molecule has 0 bridgehead atoms. The molecule has 0 aliphatic carbocycles. The number of methoxy groups -OCH3 is 1. The topological polar surface area (TPSA) is 66.8 Å². The Labute approximate surface area is 126 Å². The second kappa shape index (κ2) is 6.34. The third-order valence-electron chi connectivity index (χ3n) is 4.15. The molecule has 2 unspecified atom stereocenters. The van der Waals surface area contributed by atoms with Gasteiger partial charge < -0.3 is 9.84 Å². The zero-order chi connectivity index (χ0) is 15.6. The highest BCUT2D eigenvalue weighted by Gasteiger charge is 2.40. The largest absolute Gasteiger partial charge is 0.495 e. The minimum absolute atomic E-state index is 0.00201. The highest BCUT2D eigenvalue weighted by atomic mass is 32.2. The van der Waals surface area contributed by atoms with Crippen LogP contribution in [0.5, 0.6) is 5.75 Å². The Morgan fingerprint density at radius 3 is 2.67 bits per heavy atom. The number of sulfonamides is 1. The third kappa shape index (κ3) is 2.93. The normalized spacial score (nSPS) is 23.4. The first kappa shape index (κ1) is 16.3. The van der Waals surface area contributed by atoms with Crippen LogP contribution in [0.2, 0.25) is 0 Å². The van der Waals surface area contributed by atoms with E-state index in [2.05, 4.69) is 0 Å². The summed E-state index contributed by atoms with van der Waals surface area (Å²) in [7, 11) is -2.15. The van der Waals surface area contributed by atoms with E-state index in [9.17, 15) is 8.42 Å². The van der Waals surface area contributed by atoms with Crippen molar-refractivity contribution in [2.24, 2.45) is 0 Å². The van der Waals surface area contributed by atoms with Crippen LogP contribution in [0.1, 0.15) is 38.7 Å². The SMILES string of the molecule is CCC1CCC(C)N1S(=O)(=O)c1ccc(CO)cc1OC. The molecule has 0 amide bonds. The summed E-state index contributed by atoms with van der Waals surface area (Å²) in [6, 6.07) is 4.78. The monoisotopic (exact) mass is 313 g/mol. The highest BCUT2D eigenvalue weighted by Crippen LogP contribution is 2.36. The number of hydrogen-bond acceptors (Lipinski definition) is 4. The van der Waals surface area contributed by atoms with Gasteiger partial charge in [-0.3, -0.25) is 0 Å². The minimum Gasteiger partial charge on any atom is -0.495 e. The summed E-state index contributed by atoms with van der Waals surface area (Å²) in [5.74, 6) is 0.288. The number of hydrogen-bond donors (Lipinski definition) is 1. The average molecular weight is 313 g/mol. The van der Waals surface area contributed by atoms with Crippen molar-refractivity contribution in [3.05, 3.63) is 23.8 Å². The molecule has 1 N–H and O–H groups in total. The van der Waals surface area contributed by atoms with Crippen molar-refractivity contribution in [2.45, 2.75) is 56.7 Å². The van der Waals surface area contributed by atoms with Gasteiger partial charge in [-0.25, -0.2) is 8.42 Å². The lowest BCUT2D eigenvalue weighted by Crippen LogP contribution is -2.39. The fourth-order valence-electron chi connectivity index (χ4n) is 3.00. The second-order valence-corrected chi connectivity index (χ2v) is 7.28. The van der Waals surface area contributed by atoms with E-state index in [1.807, 2.05) is 13.8 Å². The van der Waals surface area contributed by atoms with Crippen molar-refractivity contribution in [1.29, 1.82) is 0 Å². The van der Waals surface area contributed by atoms with Crippen LogP contribution in [0.4, 0.5) is 0 Å². The van der Waals surface area contributed by atoms with Crippen molar-refractivity contribution in [3.63, 3.8) is 0 Å². The summed E-state index contributed by atoms with van der Waals surface area (Å²) in [5, 5.41) is 9.17. The molecule has 2 atom stereocenters. The van der Waals surface area contributed by atoms with Gasteiger partial charge in [-0.1, -0.05) is 13.0 Å². The fourth-order valence-corrected chi connectivity index (χ4v) is 5.09. The number of aliphatic hydroxyl groups is 1. The highest BCUT2D eigenvalue weighted by molar-refractivity contribution is 7.89. The lowest BCUT2D eigenvalue weighted by molar-refractivity contribution is 0.280. The molecule has 1 aromatic rings. The number of rotatable bonds is 5. The quantitative estimate of drug-likeness (QED) is 0.904. The Hall–Kier alpha value is -1.11. The zero-order valence-corrected chi connectivity index (χ0v) is 13.6. The molecule has 5 nitrogen and oxygen atoms in total. The molecule has 1 aliphatic rings. The van der Waals surface area contributed by atoms with E-state index >= 15 is 0 Å². The Balaban J connectivity index is 2.48. The van der Waals surface area contributed by atoms with E-state index in [-0.39, 0.29) is 29.3 Å². The standard InChI is InChI=1S/C15H23NO4S/c1-4-13-7-5-11(2)16(13)21(18,19)15-8-6-12(10-17)9-14(15)20-3/h6,8-9,11,13,17H,4-5,7,10H2,1-3H3. The van der Waals surface area contributed by atoms with E-state index in [1.54, 1.807) is 16.4 Å². The van der Waals surface area contributed by atoms with Gasteiger partial charge in [0.15, 0.2) is 0 Å². The van der Waals surface area contributed by atoms with Crippen LogP contribution in [0.3, 0.4) is 0 Å². The molecule has 1 aromatic carbocycles. The Bertz CT molecular complexity index is 600. The van der Waals surface area contributed by atoms with Crippen molar-refractivity contribution in [3.8, 4) is 5.75 Å². The van der Waals surface area contributed by atoms with E-state index < -0.39 is 10.0 Å². The Morgan fingerprint density at radius 1 is 1.38 bits per heavy atom. The van der Waals surface area contributed by atoms with Gasteiger partial charge in [0, 0.05) is 12.1 Å². The van der Waals surface area contributed by atoms with Crippen LogP contribution < -0.4 is 4.74 Å². The first-order chi connectivity index (χ1) is 9.95. The van der Waals surface area contributed by atoms with Gasteiger partial charge in [0.05, 0.1) is 13.7 Å². The van der Waals surface area contributed by atoms with Gasteiger partial charge in [0.1, 0.15) is 10.6 Å². The van der Waals surface area contributed by atoms with Crippen LogP contribution in [0.15, 0.2) is 23.1 Å².